The molecule has 2 heterocycles. The molecule has 6 nitrogen and oxygen atoms in total. The first kappa shape index (κ1) is 19.0. The van der Waals surface area contributed by atoms with E-state index in [4.69, 9.17) is 0 Å². The van der Waals surface area contributed by atoms with Gasteiger partial charge in [-0.15, -0.1) is 0 Å². The standard InChI is InChI=1S/C22H21FN4O2/c1-13(2)15-7-10-18-17(12-15)24-19-20(25-22(29)26-21(19)28)27(18)11-3-4-14-5-8-16(23)9-6-14/h5-10,12-13H,3-4,11H2,1-2H3,(H,26,28,29)/p+1. The van der Waals surface area contributed by atoms with E-state index < -0.39 is 11.2 Å². The average molecular weight is 393 g/mol. The van der Waals surface area contributed by atoms with Crippen LogP contribution in [0.5, 0.6) is 0 Å². The normalized spacial score (nSPS) is 11.6. The van der Waals surface area contributed by atoms with Crippen molar-refractivity contribution in [3.05, 3.63) is 80.2 Å². The summed E-state index contributed by atoms with van der Waals surface area (Å²) in [5.41, 5.74) is 3.27. The highest BCUT2D eigenvalue weighted by Gasteiger charge is 2.19. The Labute approximate surface area is 166 Å². The maximum atomic E-state index is 13.1. The summed E-state index contributed by atoms with van der Waals surface area (Å²) in [7, 11) is 0. The molecule has 0 spiro atoms. The molecule has 0 aliphatic heterocycles. The van der Waals surface area contributed by atoms with Crippen LogP contribution in [0.2, 0.25) is 0 Å². The second-order valence-corrected chi connectivity index (χ2v) is 7.50. The molecule has 148 valence electrons. The van der Waals surface area contributed by atoms with E-state index in [2.05, 4.69) is 28.8 Å². The van der Waals surface area contributed by atoms with Gasteiger partial charge in [0, 0.05) is 0 Å². The molecule has 0 atom stereocenters. The monoisotopic (exact) mass is 393 g/mol. The first-order valence-electron chi connectivity index (χ1n) is 9.66. The minimum absolute atomic E-state index is 0.208. The minimum Gasteiger partial charge on any atom is -0.267 e. The Hall–Kier alpha value is -3.35. The molecule has 0 aliphatic carbocycles. The zero-order valence-electron chi connectivity index (χ0n) is 16.3. The van der Waals surface area contributed by atoms with E-state index >= 15 is 0 Å². The summed E-state index contributed by atoms with van der Waals surface area (Å²) >= 11 is 0. The number of rotatable bonds is 5. The molecule has 29 heavy (non-hydrogen) atoms. The highest BCUT2D eigenvalue weighted by Crippen LogP contribution is 2.19. The number of aromatic amines is 2. The van der Waals surface area contributed by atoms with Gasteiger partial charge in [0.15, 0.2) is 5.52 Å². The summed E-state index contributed by atoms with van der Waals surface area (Å²) in [5, 5.41) is 0. The molecule has 2 aromatic carbocycles. The van der Waals surface area contributed by atoms with Gasteiger partial charge in [0.1, 0.15) is 11.3 Å². The first-order valence-corrected chi connectivity index (χ1v) is 9.66. The number of fused-ring (bicyclic) bond motifs is 2. The van der Waals surface area contributed by atoms with Gasteiger partial charge in [-0.2, -0.15) is 4.98 Å². The second-order valence-electron chi connectivity index (χ2n) is 7.50. The van der Waals surface area contributed by atoms with Gasteiger partial charge in [-0.1, -0.05) is 32.0 Å². The highest BCUT2D eigenvalue weighted by atomic mass is 19.1. The van der Waals surface area contributed by atoms with Crippen molar-refractivity contribution < 1.29 is 8.96 Å². The van der Waals surface area contributed by atoms with Crippen LogP contribution < -0.4 is 15.8 Å². The van der Waals surface area contributed by atoms with E-state index in [0.717, 1.165) is 29.5 Å². The summed E-state index contributed by atoms with van der Waals surface area (Å²) < 4.78 is 15.0. The van der Waals surface area contributed by atoms with Crippen molar-refractivity contribution in [2.75, 3.05) is 0 Å². The van der Waals surface area contributed by atoms with Gasteiger partial charge in [0.25, 0.3) is 5.56 Å². The molecule has 0 aliphatic rings. The Bertz CT molecular complexity index is 1310. The number of nitrogens with one attached hydrogen (secondary N) is 2. The van der Waals surface area contributed by atoms with Gasteiger partial charge in [0.05, 0.1) is 6.54 Å². The third-order valence-corrected chi connectivity index (χ3v) is 5.12. The van der Waals surface area contributed by atoms with Gasteiger partial charge in [-0.05, 0) is 54.2 Å². The summed E-state index contributed by atoms with van der Waals surface area (Å²) in [5.74, 6) is 0.0738. The maximum Gasteiger partial charge on any atom is 0.413 e. The fourth-order valence-corrected chi connectivity index (χ4v) is 3.55. The van der Waals surface area contributed by atoms with Crippen LogP contribution in [0.3, 0.4) is 0 Å². The van der Waals surface area contributed by atoms with E-state index in [1.165, 1.54) is 12.1 Å². The topological polar surface area (TPSA) is 82.5 Å². The fraction of sp³-hybridized carbons (Fsp3) is 0.273. The number of nitrogens with zero attached hydrogens (tertiary/aromatic N) is 2. The van der Waals surface area contributed by atoms with Crippen LogP contribution >= 0.6 is 0 Å². The number of hydrogen-bond acceptors (Lipinski definition) is 3. The third kappa shape index (κ3) is 3.81. The number of H-pyrrole nitrogens is 2. The van der Waals surface area contributed by atoms with E-state index in [9.17, 15) is 14.0 Å². The number of aromatic nitrogens is 4. The largest absolute Gasteiger partial charge is 0.413 e. The van der Waals surface area contributed by atoms with Crippen LogP contribution in [0.25, 0.3) is 22.2 Å². The third-order valence-electron chi connectivity index (χ3n) is 5.12. The van der Waals surface area contributed by atoms with Gasteiger partial charge in [-0.25, -0.2) is 18.7 Å². The number of halogens is 1. The molecule has 0 bridgehead atoms. The van der Waals surface area contributed by atoms with Crippen molar-refractivity contribution in [1.82, 2.24) is 15.0 Å². The molecule has 2 aromatic heterocycles. The smallest absolute Gasteiger partial charge is 0.267 e. The van der Waals surface area contributed by atoms with E-state index in [1.807, 2.05) is 22.8 Å². The average Bonchev–Trinajstić information content (AvgIpc) is 2.69. The predicted molar refractivity (Wildman–Crippen MR) is 109 cm³/mol. The van der Waals surface area contributed by atoms with Crippen LogP contribution in [0.4, 0.5) is 4.39 Å². The molecular formula is C22H22FN4O2+. The molecule has 4 aromatic rings. The molecule has 2 N–H and O–H groups in total. The predicted octanol–water partition coefficient (Wildman–Crippen LogP) is 2.95. The zero-order valence-corrected chi connectivity index (χ0v) is 16.3. The summed E-state index contributed by atoms with van der Waals surface area (Å²) in [4.78, 5) is 33.7. The molecule has 0 saturated heterocycles. The number of benzene rings is 2. The lowest BCUT2D eigenvalue weighted by Crippen LogP contribution is -2.40. The Balaban J connectivity index is 1.80. The molecule has 0 radical (unpaired) electrons. The highest BCUT2D eigenvalue weighted by molar-refractivity contribution is 5.79. The summed E-state index contributed by atoms with van der Waals surface area (Å²) in [6.07, 6.45) is 1.50. The van der Waals surface area contributed by atoms with E-state index in [-0.39, 0.29) is 11.3 Å². The molecule has 0 saturated carbocycles. The Morgan fingerprint density at radius 1 is 1.07 bits per heavy atom. The fourth-order valence-electron chi connectivity index (χ4n) is 3.55. The molecular weight excluding hydrogens is 371 g/mol. The van der Waals surface area contributed by atoms with Gasteiger partial charge in [-0.3, -0.25) is 9.78 Å². The van der Waals surface area contributed by atoms with Crippen LogP contribution in [0.1, 0.15) is 37.3 Å². The van der Waals surface area contributed by atoms with E-state index in [1.54, 1.807) is 12.1 Å². The Kier molecular flexibility index (Phi) is 4.96. The van der Waals surface area contributed by atoms with Crippen molar-refractivity contribution in [1.29, 1.82) is 0 Å². The summed E-state index contributed by atoms with van der Waals surface area (Å²) in [6.45, 7) is 4.78. The van der Waals surface area contributed by atoms with Gasteiger partial charge in [0.2, 0.25) is 5.52 Å². The molecule has 0 unspecified atom stereocenters. The maximum absolute atomic E-state index is 13.1. The molecule has 7 heteroatoms. The van der Waals surface area contributed by atoms with Crippen LogP contribution in [-0.4, -0.2) is 15.0 Å². The van der Waals surface area contributed by atoms with Crippen LogP contribution in [0, 0.1) is 5.82 Å². The quantitative estimate of drug-likeness (QED) is 0.404. The SMILES string of the molecule is CC(C)c1ccc2c(c1)nc1c(=O)[nH]c(=O)[nH]c1[n+]2CCCc1ccc(F)cc1. The molecule has 0 amide bonds. The van der Waals surface area contributed by atoms with Gasteiger partial charge < -0.3 is 0 Å². The van der Waals surface area contributed by atoms with Crippen molar-refractivity contribution >= 4 is 22.2 Å². The van der Waals surface area contributed by atoms with Crippen molar-refractivity contribution in [2.24, 2.45) is 0 Å². The van der Waals surface area contributed by atoms with Crippen LogP contribution in [0.15, 0.2) is 52.1 Å². The lowest BCUT2D eigenvalue weighted by molar-refractivity contribution is -0.648. The first-order chi connectivity index (χ1) is 13.9. The Morgan fingerprint density at radius 2 is 1.83 bits per heavy atom. The molecule has 0 fully saturated rings. The Morgan fingerprint density at radius 3 is 2.55 bits per heavy atom. The number of hydrogen-bond donors (Lipinski definition) is 2. The van der Waals surface area contributed by atoms with Crippen molar-refractivity contribution in [3.8, 4) is 0 Å². The molecule has 4 rings (SSSR count). The minimum atomic E-state index is -0.560. The zero-order chi connectivity index (χ0) is 20.5. The van der Waals surface area contributed by atoms with Crippen molar-refractivity contribution in [3.63, 3.8) is 0 Å². The summed E-state index contributed by atoms with van der Waals surface area (Å²) in [6, 6.07) is 12.4. The number of aryl methyl sites for hydroxylation is 2. The van der Waals surface area contributed by atoms with E-state index in [0.29, 0.717) is 23.6 Å². The van der Waals surface area contributed by atoms with Gasteiger partial charge >= 0.3 is 11.3 Å². The van der Waals surface area contributed by atoms with Crippen LogP contribution in [-0.2, 0) is 13.0 Å². The second kappa shape index (κ2) is 7.58. The van der Waals surface area contributed by atoms with Crippen molar-refractivity contribution in [2.45, 2.75) is 39.2 Å². The lowest BCUT2D eigenvalue weighted by Gasteiger charge is -2.10. The lowest BCUT2D eigenvalue weighted by atomic mass is 10.0.